The molecule has 0 bridgehead atoms. The fourth-order valence-electron chi connectivity index (χ4n) is 1.10. The third-order valence-electron chi connectivity index (χ3n) is 1.91. The monoisotopic (exact) mass is 249 g/mol. The van der Waals surface area contributed by atoms with Gasteiger partial charge in [0.2, 0.25) is 10.0 Å². The first-order chi connectivity index (χ1) is 7.56. The molecule has 8 heteroatoms. The zero-order valence-corrected chi connectivity index (χ0v) is 9.70. The summed E-state index contributed by atoms with van der Waals surface area (Å²) in [6.07, 6.45) is 2.13. The van der Waals surface area contributed by atoms with Gasteiger partial charge < -0.3 is 9.84 Å². The maximum atomic E-state index is 11.5. The molecule has 0 aliphatic carbocycles. The maximum Gasteiger partial charge on any atom is 0.243 e. The third-order valence-corrected chi connectivity index (χ3v) is 3.34. The van der Waals surface area contributed by atoms with Crippen molar-refractivity contribution in [2.45, 2.75) is 17.4 Å². The summed E-state index contributed by atoms with van der Waals surface area (Å²) >= 11 is 0. The Morgan fingerprint density at radius 3 is 3.00 bits per heavy atom. The van der Waals surface area contributed by atoms with Crippen LogP contribution in [-0.2, 0) is 14.8 Å². The molecule has 0 saturated heterocycles. The number of hydrogen-bond acceptors (Lipinski definition) is 5. The Labute approximate surface area is 93.9 Å². The molecule has 0 amide bonds. The van der Waals surface area contributed by atoms with Gasteiger partial charge in [0.15, 0.2) is 0 Å². The highest BCUT2D eigenvalue weighted by molar-refractivity contribution is 7.89. The number of H-pyrrole nitrogens is 1. The summed E-state index contributed by atoms with van der Waals surface area (Å²) in [4.78, 5) is 0.0775. The van der Waals surface area contributed by atoms with Crippen molar-refractivity contribution in [3.05, 3.63) is 12.4 Å². The normalized spacial score (nSPS) is 13.9. The molecule has 16 heavy (non-hydrogen) atoms. The summed E-state index contributed by atoms with van der Waals surface area (Å²) in [7, 11) is -2.05. The number of aliphatic hydroxyl groups excluding tert-OH is 1. The number of methoxy groups -OCH3 is 1. The minimum Gasteiger partial charge on any atom is -0.391 e. The van der Waals surface area contributed by atoms with Crippen LogP contribution in [0.1, 0.15) is 6.42 Å². The highest BCUT2D eigenvalue weighted by Crippen LogP contribution is 2.04. The molecule has 1 atom stereocenters. The van der Waals surface area contributed by atoms with Gasteiger partial charge >= 0.3 is 0 Å². The van der Waals surface area contributed by atoms with E-state index in [9.17, 15) is 13.5 Å². The van der Waals surface area contributed by atoms with E-state index in [4.69, 9.17) is 4.74 Å². The molecule has 0 aromatic carbocycles. The summed E-state index contributed by atoms with van der Waals surface area (Å²) in [5.74, 6) is 0. The lowest BCUT2D eigenvalue weighted by Crippen LogP contribution is -2.28. The van der Waals surface area contributed by atoms with E-state index in [0.717, 1.165) is 0 Å². The lowest BCUT2D eigenvalue weighted by atomic mass is 10.3. The van der Waals surface area contributed by atoms with Crippen LogP contribution in [0.4, 0.5) is 0 Å². The van der Waals surface area contributed by atoms with Gasteiger partial charge in [-0.1, -0.05) is 0 Å². The van der Waals surface area contributed by atoms with Gasteiger partial charge in [0.05, 0.1) is 18.9 Å². The first kappa shape index (κ1) is 13.1. The number of rotatable bonds is 7. The quantitative estimate of drug-likeness (QED) is 0.580. The smallest absolute Gasteiger partial charge is 0.243 e. The van der Waals surface area contributed by atoms with Crippen molar-refractivity contribution in [1.29, 1.82) is 0 Å². The number of aromatic amines is 1. The van der Waals surface area contributed by atoms with Crippen molar-refractivity contribution in [3.8, 4) is 0 Å². The van der Waals surface area contributed by atoms with Crippen LogP contribution in [0.5, 0.6) is 0 Å². The van der Waals surface area contributed by atoms with Crippen LogP contribution in [0.15, 0.2) is 17.3 Å². The Hall–Kier alpha value is -0.960. The maximum absolute atomic E-state index is 11.5. The zero-order chi connectivity index (χ0) is 12.0. The van der Waals surface area contributed by atoms with E-state index in [0.29, 0.717) is 6.42 Å². The topological polar surface area (TPSA) is 104 Å². The second-order valence-corrected chi connectivity index (χ2v) is 5.00. The average Bonchev–Trinajstić information content (AvgIpc) is 2.71. The highest BCUT2D eigenvalue weighted by atomic mass is 32.2. The molecule has 92 valence electrons. The van der Waals surface area contributed by atoms with Crippen LogP contribution in [0, 0.1) is 0 Å². The number of nitrogens with zero attached hydrogens (tertiary/aromatic N) is 1. The van der Waals surface area contributed by atoms with Crippen molar-refractivity contribution in [2.24, 2.45) is 0 Å². The molecule has 0 radical (unpaired) electrons. The lowest BCUT2D eigenvalue weighted by molar-refractivity contribution is 0.0603. The molecule has 1 rings (SSSR count). The van der Waals surface area contributed by atoms with Gasteiger partial charge in [0, 0.05) is 19.9 Å². The number of aromatic nitrogens is 2. The fraction of sp³-hybridized carbons (Fsp3) is 0.625. The van der Waals surface area contributed by atoms with E-state index in [1.54, 1.807) is 0 Å². The van der Waals surface area contributed by atoms with Crippen LogP contribution in [-0.4, -0.2) is 50.1 Å². The number of hydrogen-bond donors (Lipinski definition) is 3. The van der Waals surface area contributed by atoms with Crippen LogP contribution >= 0.6 is 0 Å². The molecule has 0 fully saturated rings. The molecule has 1 aromatic heterocycles. The zero-order valence-electron chi connectivity index (χ0n) is 8.88. The molecule has 3 N–H and O–H groups in total. The van der Waals surface area contributed by atoms with E-state index in [-0.39, 0.29) is 18.0 Å². The predicted molar refractivity (Wildman–Crippen MR) is 56.3 cm³/mol. The van der Waals surface area contributed by atoms with Crippen molar-refractivity contribution >= 4 is 10.0 Å². The summed E-state index contributed by atoms with van der Waals surface area (Å²) in [6, 6.07) is 0. The van der Waals surface area contributed by atoms with Gasteiger partial charge in [-0.2, -0.15) is 5.10 Å². The third kappa shape index (κ3) is 3.89. The second kappa shape index (κ2) is 5.94. The number of aliphatic hydroxyl groups is 1. The molecular weight excluding hydrogens is 234 g/mol. The van der Waals surface area contributed by atoms with E-state index in [1.807, 2.05) is 0 Å². The van der Waals surface area contributed by atoms with E-state index in [2.05, 4.69) is 14.9 Å². The molecule has 0 aliphatic rings. The second-order valence-electron chi connectivity index (χ2n) is 3.23. The number of nitrogens with one attached hydrogen (secondary N) is 2. The first-order valence-electron chi connectivity index (χ1n) is 4.71. The van der Waals surface area contributed by atoms with Crippen LogP contribution in [0.3, 0.4) is 0 Å². The molecule has 0 saturated carbocycles. The standard InChI is InChI=1S/C8H15N3O4S/c1-15-6-7(12)2-3-11-16(13,14)8-4-9-10-5-8/h4-5,7,11-12H,2-3,6H2,1H3,(H,9,10). The van der Waals surface area contributed by atoms with Crippen LogP contribution < -0.4 is 4.72 Å². The lowest BCUT2D eigenvalue weighted by Gasteiger charge is -2.09. The molecule has 7 nitrogen and oxygen atoms in total. The molecule has 1 heterocycles. The molecule has 1 unspecified atom stereocenters. The molecular formula is C8H15N3O4S. The van der Waals surface area contributed by atoms with Crippen molar-refractivity contribution in [1.82, 2.24) is 14.9 Å². The minimum atomic E-state index is -3.52. The fourth-order valence-corrected chi connectivity index (χ4v) is 2.06. The number of sulfonamides is 1. The highest BCUT2D eigenvalue weighted by Gasteiger charge is 2.15. The Morgan fingerprint density at radius 1 is 1.69 bits per heavy atom. The largest absolute Gasteiger partial charge is 0.391 e. The Bertz CT molecular complexity index is 389. The Morgan fingerprint density at radius 2 is 2.44 bits per heavy atom. The molecule has 0 spiro atoms. The van der Waals surface area contributed by atoms with Gasteiger partial charge in [0.1, 0.15) is 4.90 Å². The van der Waals surface area contributed by atoms with Crippen molar-refractivity contribution in [3.63, 3.8) is 0 Å². The van der Waals surface area contributed by atoms with Crippen LogP contribution in [0.2, 0.25) is 0 Å². The van der Waals surface area contributed by atoms with Gasteiger partial charge in [-0.05, 0) is 6.42 Å². The summed E-state index contributed by atoms with van der Waals surface area (Å²) < 4.78 is 30.2. The summed E-state index contributed by atoms with van der Waals surface area (Å²) in [6.45, 7) is 0.339. The summed E-state index contributed by atoms with van der Waals surface area (Å²) in [5, 5.41) is 15.3. The van der Waals surface area contributed by atoms with Crippen LogP contribution in [0.25, 0.3) is 0 Å². The summed E-state index contributed by atoms with van der Waals surface area (Å²) in [5.41, 5.74) is 0. The Kier molecular flexibility index (Phi) is 4.87. The van der Waals surface area contributed by atoms with Crippen molar-refractivity contribution in [2.75, 3.05) is 20.3 Å². The molecule has 0 aliphatic heterocycles. The van der Waals surface area contributed by atoms with Gasteiger partial charge in [-0.15, -0.1) is 0 Å². The first-order valence-corrected chi connectivity index (χ1v) is 6.20. The van der Waals surface area contributed by atoms with E-state index >= 15 is 0 Å². The molecule has 1 aromatic rings. The van der Waals surface area contributed by atoms with Gasteiger partial charge in [0.25, 0.3) is 0 Å². The van der Waals surface area contributed by atoms with Gasteiger partial charge in [-0.3, -0.25) is 5.10 Å². The Balaban J connectivity index is 2.38. The average molecular weight is 249 g/mol. The van der Waals surface area contributed by atoms with Gasteiger partial charge in [-0.25, -0.2) is 13.1 Å². The van der Waals surface area contributed by atoms with E-state index in [1.165, 1.54) is 19.5 Å². The van der Waals surface area contributed by atoms with Crippen molar-refractivity contribution < 1.29 is 18.3 Å². The predicted octanol–water partition coefficient (Wildman–Crippen LogP) is -0.915. The number of ether oxygens (including phenoxy) is 1. The van der Waals surface area contributed by atoms with E-state index < -0.39 is 16.1 Å². The minimum absolute atomic E-state index is 0.0775. The SMILES string of the molecule is COCC(O)CCNS(=O)(=O)c1cn[nH]c1.